The predicted molar refractivity (Wildman–Crippen MR) is 169 cm³/mol. The van der Waals surface area contributed by atoms with Gasteiger partial charge in [-0.15, -0.1) is 0 Å². The number of aromatic nitrogens is 2. The molecule has 1 aliphatic heterocycles. The normalized spacial score (nSPS) is 15.4. The highest BCUT2D eigenvalue weighted by atomic mass is 16.5. The molecular weight excluding hydrogens is 528 g/mol. The van der Waals surface area contributed by atoms with E-state index in [1.54, 1.807) is 19.0 Å². The van der Waals surface area contributed by atoms with Crippen molar-refractivity contribution in [1.82, 2.24) is 19.8 Å². The number of anilines is 3. The number of benzene rings is 2. The average Bonchev–Trinajstić information content (AvgIpc) is 3.01. The largest absolute Gasteiger partial charge is 0.492 e. The van der Waals surface area contributed by atoms with Crippen LogP contribution in [0.1, 0.15) is 30.2 Å². The van der Waals surface area contributed by atoms with Gasteiger partial charge in [-0.1, -0.05) is 30.3 Å². The number of rotatable bonds is 8. The van der Waals surface area contributed by atoms with Gasteiger partial charge in [0.25, 0.3) is 0 Å². The molecule has 0 radical (unpaired) electrons. The van der Waals surface area contributed by atoms with Gasteiger partial charge in [-0.3, -0.25) is 4.99 Å². The molecule has 1 saturated heterocycles. The number of nitrogens with two attached hydrogens (primary N) is 1. The van der Waals surface area contributed by atoms with Gasteiger partial charge in [0, 0.05) is 88.7 Å². The lowest BCUT2D eigenvalue weighted by molar-refractivity contribution is 0.168. The molecular formula is C32H40N8O2. The van der Waals surface area contributed by atoms with E-state index in [1.807, 2.05) is 55.4 Å². The Balaban J connectivity index is 1.37. The van der Waals surface area contributed by atoms with Crippen LogP contribution in [-0.4, -0.2) is 85.4 Å². The first-order chi connectivity index (χ1) is 20.4. The number of hydrogen-bond donors (Lipinski definition) is 2. The van der Waals surface area contributed by atoms with E-state index in [4.69, 9.17) is 15.5 Å². The highest BCUT2D eigenvalue weighted by Gasteiger charge is 2.25. The van der Waals surface area contributed by atoms with Crippen LogP contribution in [0.25, 0.3) is 5.57 Å². The van der Waals surface area contributed by atoms with Gasteiger partial charge < -0.3 is 30.5 Å². The number of piperazine rings is 1. The van der Waals surface area contributed by atoms with E-state index in [-0.39, 0.29) is 6.03 Å². The van der Waals surface area contributed by atoms with Crippen molar-refractivity contribution in [2.75, 3.05) is 64.1 Å². The van der Waals surface area contributed by atoms with E-state index in [0.29, 0.717) is 32.1 Å². The summed E-state index contributed by atoms with van der Waals surface area (Å²) in [7, 11) is 5.38. The SMILES string of the molecule is CCOc1cc(N2CCN(C(=O)N(C)C)CC2)ccc1Nc1ncc2c(n1)C(C(Cc1ccccc1)=NC)=C(N)CC2. The van der Waals surface area contributed by atoms with Crippen LogP contribution in [0.5, 0.6) is 5.75 Å². The summed E-state index contributed by atoms with van der Waals surface area (Å²) < 4.78 is 6.04. The van der Waals surface area contributed by atoms with E-state index in [2.05, 4.69) is 38.4 Å². The number of nitrogens with zero attached hydrogens (tertiary/aromatic N) is 6. The fourth-order valence-electron chi connectivity index (χ4n) is 5.45. The Labute approximate surface area is 247 Å². The fourth-order valence-corrected chi connectivity index (χ4v) is 5.45. The molecule has 0 unspecified atom stereocenters. The maximum Gasteiger partial charge on any atom is 0.319 e. The zero-order valence-electron chi connectivity index (χ0n) is 24.9. The van der Waals surface area contributed by atoms with E-state index < -0.39 is 0 Å². The summed E-state index contributed by atoms with van der Waals surface area (Å²) in [5, 5.41) is 3.39. The Hall–Kier alpha value is -4.60. The van der Waals surface area contributed by atoms with Crippen LogP contribution in [0, 0.1) is 0 Å². The maximum atomic E-state index is 12.3. The van der Waals surface area contributed by atoms with Gasteiger partial charge in [0.1, 0.15) is 5.75 Å². The molecule has 2 heterocycles. The van der Waals surface area contributed by atoms with E-state index >= 15 is 0 Å². The lowest BCUT2D eigenvalue weighted by Gasteiger charge is -2.37. The zero-order valence-corrected chi connectivity index (χ0v) is 24.9. The summed E-state index contributed by atoms with van der Waals surface area (Å²) in [4.78, 5) is 32.3. The molecule has 42 heavy (non-hydrogen) atoms. The lowest BCUT2D eigenvalue weighted by Crippen LogP contribution is -2.51. The third-order valence-corrected chi connectivity index (χ3v) is 7.67. The van der Waals surface area contributed by atoms with E-state index in [1.165, 1.54) is 5.56 Å². The Morgan fingerprint density at radius 1 is 1.10 bits per heavy atom. The van der Waals surface area contributed by atoms with Crippen LogP contribution in [-0.2, 0) is 12.8 Å². The van der Waals surface area contributed by atoms with Crippen LogP contribution in [0.2, 0.25) is 0 Å². The van der Waals surface area contributed by atoms with Gasteiger partial charge >= 0.3 is 6.03 Å². The first-order valence-corrected chi connectivity index (χ1v) is 14.5. The van der Waals surface area contributed by atoms with E-state index in [9.17, 15) is 4.79 Å². The second-order valence-electron chi connectivity index (χ2n) is 10.7. The van der Waals surface area contributed by atoms with Crippen LogP contribution >= 0.6 is 0 Å². The first-order valence-electron chi connectivity index (χ1n) is 14.5. The number of aryl methyl sites for hydroxylation is 1. The Morgan fingerprint density at radius 3 is 2.55 bits per heavy atom. The molecule has 1 fully saturated rings. The third kappa shape index (κ3) is 6.32. The smallest absolute Gasteiger partial charge is 0.319 e. The predicted octanol–water partition coefficient (Wildman–Crippen LogP) is 4.35. The van der Waals surface area contributed by atoms with Crippen molar-refractivity contribution in [3.05, 3.63) is 77.2 Å². The molecule has 10 nitrogen and oxygen atoms in total. The van der Waals surface area contributed by atoms with Gasteiger partial charge in [0.2, 0.25) is 5.95 Å². The molecule has 2 amide bonds. The van der Waals surface area contributed by atoms with Crippen LogP contribution in [0.15, 0.2) is 65.4 Å². The molecule has 0 spiro atoms. The molecule has 2 aliphatic rings. The quantitative estimate of drug-likeness (QED) is 0.389. The number of aliphatic imine (C=N–C) groups is 1. The van der Waals surface area contributed by atoms with Gasteiger partial charge in [-0.25, -0.2) is 14.8 Å². The highest BCUT2D eigenvalue weighted by Crippen LogP contribution is 2.34. The summed E-state index contributed by atoms with van der Waals surface area (Å²) in [6, 6.07) is 16.4. The molecule has 3 aromatic rings. The summed E-state index contributed by atoms with van der Waals surface area (Å²) in [6.45, 7) is 5.36. The molecule has 220 valence electrons. The number of ether oxygens (including phenoxy) is 1. The molecule has 1 aliphatic carbocycles. The number of hydrogen-bond acceptors (Lipinski definition) is 8. The molecule has 1 aromatic heterocycles. The van der Waals surface area contributed by atoms with Crippen LogP contribution in [0.3, 0.4) is 0 Å². The molecule has 2 aromatic carbocycles. The standard InChI is InChI=1S/C32H40N8O2/c1-5-42-28-20-24(39-15-17-40(18-16-39)32(41)38(3)4)12-14-26(28)36-31-35-21-23-11-13-25(33)29(30(23)37-31)27(34-2)19-22-9-7-6-8-10-22/h6-10,12,14,20-21H,5,11,13,15-19,33H2,1-4H3,(H,35,36,37). The number of fused-ring (bicyclic) bond motifs is 1. The minimum atomic E-state index is 0.0476. The number of urea groups is 1. The van der Waals surface area contributed by atoms with Gasteiger partial charge in [-0.2, -0.15) is 0 Å². The number of allylic oxidation sites excluding steroid dienone is 2. The van der Waals surface area contributed by atoms with Crippen molar-refractivity contribution in [1.29, 1.82) is 0 Å². The monoisotopic (exact) mass is 568 g/mol. The number of amides is 2. The zero-order chi connectivity index (χ0) is 29.6. The molecule has 3 N–H and O–H groups in total. The molecule has 0 atom stereocenters. The van der Waals surface area contributed by atoms with Crippen LogP contribution < -0.4 is 20.7 Å². The molecule has 0 bridgehead atoms. The number of nitrogens with one attached hydrogen (secondary N) is 1. The van der Waals surface area contributed by atoms with Crippen LogP contribution in [0.4, 0.5) is 22.1 Å². The Morgan fingerprint density at radius 2 is 1.86 bits per heavy atom. The summed E-state index contributed by atoms with van der Waals surface area (Å²) in [5.41, 5.74) is 14.1. The maximum absolute atomic E-state index is 12.3. The topological polar surface area (TPSA) is 112 Å². The summed E-state index contributed by atoms with van der Waals surface area (Å²) in [5.74, 6) is 1.19. The van der Waals surface area contributed by atoms with Gasteiger partial charge in [0.05, 0.1) is 18.0 Å². The number of carbonyl (C=O) groups is 1. The number of carbonyl (C=O) groups excluding carboxylic acids is 1. The molecule has 10 heteroatoms. The summed E-state index contributed by atoms with van der Waals surface area (Å²) in [6.07, 6.45) is 4.10. The molecule has 0 saturated carbocycles. The Kier molecular flexibility index (Phi) is 8.90. The van der Waals surface area contributed by atoms with Gasteiger partial charge in [-0.05, 0) is 43.0 Å². The third-order valence-electron chi connectivity index (χ3n) is 7.67. The van der Waals surface area contributed by atoms with Crippen molar-refractivity contribution < 1.29 is 9.53 Å². The van der Waals surface area contributed by atoms with Crippen molar-refractivity contribution in [3.8, 4) is 5.75 Å². The Bertz CT molecular complexity index is 1480. The first kappa shape index (κ1) is 28.9. The van der Waals surface area contributed by atoms with Crippen molar-refractivity contribution in [2.24, 2.45) is 10.7 Å². The second kappa shape index (κ2) is 12.9. The molecule has 5 rings (SSSR count). The van der Waals surface area contributed by atoms with Crippen molar-refractivity contribution in [2.45, 2.75) is 26.2 Å². The lowest BCUT2D eigenvalue weighted by atomic mass is 9.88. The fraction of sp³-hybridized carbons (Fsp3) is 0.375. The highest BCUT2D eigenvalue weighted by molar-refractivity contribution is 6.25. The van der Waals surface area contributed by atoms with Crippen molar-refractivity contribution >= 4 is 34.6 Å². The average molecular weight is 569 g/mol. The summed E-state index contributed by atoms with van der Waals surface area (Å²) >= 11 is 0. The van der Waals surface area contributed by atoms with Crippen molar-refractivity contribution in [3.63, 3.8) is 0 Å². The van der Waals surface area contributed by atoms with Gasteiger partial charge in [0.15, 0.2) is 0 Å². The second-order valence-corrected chi connectivity index (χ2v) is 10.7. The van der Waals surface area contributed by atoms with E-state index in [0.717, 1.165) is 71.3 Å². The minimum Gasteiger partial charge on any atom is -0.492 e. The minimum absolute atomic E-state index is 0.0476.